The monoisotopic (exact) mass is 438 g/mol. The maximum absolute atomic E-state index is 15.0. The summed E-state index contributed by atoms with van der Waals surface area (Å²) in [5, 5.41) is 17.9. The van der Waals surface area contributed by atoms with Gasteiger partial charge in [0.2, 0.25) is 0 Å². The highest BCUT2D eigenvalue weighted by atomic mass is 19.1. The van der Waals surface area contributed by atoms with E-state index < -0.39 is 12.0 Å². The Bertz CT molecular complexity index is 1160. The van der Waals surface area contributed by atoms with Crippen LogP contribution in [0.1, 0.15) is 19.3 Å². The Labute approximate surface area is 184 Å². The summed E-state index contributed by atoms with van der Waals surface area (Å²) in [6.07, 6.45) is 8.36. The highest BCUT2D eigenvalue weighted by molar-refractivity contribution is 5.74. The van der Waals surface area contributed by atoms with Crippen molar-refractivity contribution >= 4 is 5.82 Å². The third kappa shape index (κ3) is 3.14. The number of aryl methyl sites for hydroxylation is 1. The van der Waals surface area contributed by atoms with E-state index in [2.05, 4.69) is 25.3 Å². The van der Waals surface area contributed by atoms with Gasteiger partial charge in [0, 0.05) is 48.6 Å². The molecule has 166 valence electrons. The number of fused-ring (bicyclic) bond motifs is 2. The molecule has 0 unspecified atom stereocenters. The highest BCUT2D eigenvalue weighted by Crippen LogP contribution is 2.43. The summed E-state index contributed by atoms with van der Waals surface area (Å²) in [6, 6.07) is 2.68. The molecule has 2 bridgehead atoms. The number of rotatable bonds is 5. The van der Waals surface area contributed by atoms with Gasteiger partial charge in [0.15, 0.2) is 0 Å². The Hall–Kier alpha value is -3.07. The molecule has 1 aliphatic heterocycles. The van der Waals surface area contributed by atoms with Crippen molar-refractivity contribution in [3.05, 3.63) is 42.7 Å². The van der Waals surface area contributed by atoms with Gasteiger partial charge in [0.1, 0.15) is 23.6 Å². The summed E-state index contributed by atoms with van der Waals surface area (Å²) in [7, 11) is 1.75. The zero-order valence-corrected chi connectivity index (χ0v) is 17.6. The van der Waals surface area contributed by atoms with Crippen LogP contribution < -0.4 is 10.2 Å². The smallest absolute Gasteiger partial charge is 0.147 e. The molecule has 1 saturated heterocycles. The van der Waals surface area contributed by atoms with Crippen molar-refractivity contribution in [2.24, 2.45) is 13.0 Å². The Kier molecular flexibility index (Phi) is 4.43. The quantitative estimate of drug-likeness (QED) is 0.638. The Morgan fingerprint density at radius 1 is 1.16 bits per heavy atom. The number of benzene rings is 1. The molecule has 9 heteroatoms. The number of piperidine rings is 1. The van der Waals surface area contributed by atoms with Gasteiger partial charge in [0.05, 0.1) is 30.3 Å². The lowest BCUT2D eigenvalue weighted by molar-refractivity contribution is 0.214. The third-order valence-corrected chi connectivity index (χ3v) is 6.93. The van der Waals surface area contributed by atoms with Gasteiger partial charge in [-0.25, -0.2) is 13.8 Å². The van der Waals surface area contributed by atoms with Crippen LogP contribution in [0.3, 0.4) is 0 Å². The second kappa shape index (κ2) is 7.23. The van der Waals surface area contributed by atoms with Crippen molar-refractivity contribution in [1.82, 2.24) is 25.1 Å². The molecule has 4 atom stereocenters. The molecule has 2 N–H and O–H groups in total. The molecule has 1 aromatic carbocycles. The van der Waals surface area contributed by atoms with Crippen molar-refractivity contribution in [3.8, 4) is 28.1 Å². The van der Waals surface area contributed by atoms with Gasteiger partial charge in [-0.1, -0.05) is 0 Å². The van der Waals surface area contributed by atoms with Crippen molar-refractivity contribution in [2.75, 3.05) is 11.4 Å². The van der Waals surface area contributed by atoms with Gasteiger partial charge in [-0.05, 0) is 37.3 Å². The molecule has 6 rings (SSSR count). The molecule has 0 spiro atoms. The lowest BCUT2D eigenvalue weighted by Crippen LogP contribution is -2.53. The molecule has 2 saturated carbocycles. The summed E-state index contributed by atoms with van der Waals surface area (Å²) in [4.78, 5) is 11.1. The lowest BCUT2D eigenvalue weighted by Gasteiger charge is -2.37. The van der Waals surface area contributed by atoms with Gasteiger partial charge in [-0.3, -0.25) is 9.67 Å². The van der Waals surface area contributed by atoms with Crippen molar-refractivity contribution < 1.29 is 13.9 Å². The SMILES string of the molecule is Cn1cc(-c2cc(O)c(-c3cnc(N(C4CC4)[C@@H]4[C@H]5CN[C@H](C5)[C@H]4F)cn3)cc2F)cn1. The zero-order chi connectivity index (χ0) is 22.0. The number of aromatic nitrogens is 4. The number of nitrogens with zero attached hydrogens (tertiary/aromatic N) is 5. The molecular formula is C23H24F2N6O. The van der Waals surface area contributed by atoms with Crippen LogP contribution in [-0.2, 0) is 7.05 Å². The van der Waals surface area contributed by atoms with Gasteiger partial charge in [-0.2, -0.15) is 5.10 Å². The van der Waals surface area contributed by atoms with Crippen LogP contribution in [0.15, 0.2) is 36.9 Å². The number of nitrogens with one attached hydrogen (secondary N) is 1. The molecular weight excluding hydrogens is 414 g/mol. The molecule has 2 aliphatic carbocycles. The number of hydrogen-bond acceptors (Lipinski definition) is 6. The minimum Gasteiger partial charge on any atom is -0.507 e. The van der Waals surface area contributed by atoms with Gasteiger partial charge < -0.3 is 15.3 Å². The van der Waals surface area contributed by atoms with Gasteiger partial charge in [-0.15, -0.1) is 0 Å². The van der Waals surface area contributed by atoms with Crippen molar-refractivity contribution in [3.63, 3.8) is 0 Å². The average molecular weight is 438 g/mol. The molecule has 0 radical (unpaired) electrons. The Morgan fingerprint density at radius 3 is 2.62 bits per heavy atom. The molecule has 32 heavy (non-hydrogen) atoms. The number of phenols is 1. The molecule has 3 aliphatic rings. The zero-order valence-electron chi connectivity index (χ0n) is 17.6. The fraction of sp³-hybridized carbons (Fsp3) is 0.435. The minimum absolute atomic E-state index is 0.0725. The number of aromatic hydroxyl groups is 1. The molecule has 2 aromatic heterocycles. The first-order chi connectivity index (χ1) is 15.5. The largest absolute Gasteiger partial charge is 0.507 e. The summed E-state index contributed by atoms with van der Waals surface area (Å²) in [5.41, 5.74) is 1.47. The van der Waals surface area contributed by atoms with Crippen LogP contribution in [0.25, 0.3) is 22.4 Å². The predicted molar refractivity (Wildman–Crippen MR) is 115 cm³/mol. The summed E-state index contributed by atoms with van der Waals surface area (Å²) < 4.78 is 31.4. The normalized spacial score (nSPS) is 26.6. The molecule has 3 fully saturated rings. The standard InChI is InChI=1S/C23H24F2N6O/c1-30-11-13(8-29-30)15-6-20(32)16(5-17(15)24)19-9-28-21(10-27-19)31(14-2-3-14)23-12-4-18(22(23)25)26-7-12/h5-6,8-12,14,18,22-23,26,32H,2-4,7H2,1H3/t12-,18-,22-,23-/m1/s1. The summed E-state index contributed by atoms with van der Waals surface area (Å²) >= 11 is 0. The fourth-order valence-corrected chi connectivity index (χ4v) is 5.25. The van der Waals surface area contributed by atoms with E-state index in [0.717, 1.165) is 25.8 Å². The fourth-order valence-electron chi connectivity index (χ4n) is 5.25. The molecule has 0 amide bonds. The van der Waals surface area contributed by atoms with Crippen LogP contribution in [0, 0.1) is 11.7 Å². The number of alkyl halides is 1. The first kappa shape index (κ1) is 19.6. The number of halogens is 2. The van der Waals surface area contributed by atoms with Gasteiger partial charge >= 0.3 is 0 Å². The van der Waals surface area contributed by atoms with Crippen LogP contribution in [0.5, 0.6) is 5.75 Å². The molecule has 3 aromatic rings. The van der Waals surface area contributed by atoms with E-state index in [1.807, 2.05) is 0 Å². The second-order valence-corrected chi connectivity index (χ2v) is 9.10. The first-order valence-electron chi connectivity index (χ1n) is 11.0. The maximum Gasteiger partial charge on any atom is 0.147 e. The lowest BCUT2D eigenvalue weighted by atomic mass is 10.00. The Balaban J connectivity index is 1.30. The van der Waals surface area contributed by atoms with E-state index in [1.54, 1.807) is 30.3 Å². The van der Waals surface area contributed by atoms with E-state index >= 15 is 0 Å². The summed E-state index contributed by atoms with van der Waals surface area (Å²) in [6.45, 7) is 0.834. The maximum atomic E-state index is 15.0. The van der Waals surface area contributed by atoms with Gasteiger partial charge in [0.25, 0.3) is 0 Å². The van der Waals surface area contributed by atoms with E-state index in [0.29, 0.717) is 23.1 Å². The summed E-state index contributed by atoms with van der Waals surface area (Å²) in [5.74, 6) is 0.346. The van der Waals surface area contributed by atoms with E-state index in [9.17, 15) is 13.9 Å². The first-order valence-corrected chi connectivity index (χ1v) is 11.0. The highest BCUT2D eigenvalue weighted by Gasteiger charge is 2.53. The Morgan fingerprint density at radius 2 is 2.00 bits per heavy atom. The van der Waals surface area contributed by atoms with Crippen molar-refractivity contribution in [2.45, 2.75) is 43.6 Å². The number of phenolic OH excluding ortho intramolecular Hbond substituents is 1. The average Bonchev–Trinajstić information content (AvgIpc) is 3.20. The van der Waals surface area contributed by atoms with E-state index in [1.165, 1.54) is 18.3 Å². The third-order valence-electron chi connectivity index (χ3n) is 6.93. The molecule has 7 nitrogen and oxygen atoms in total. The minimum atomic E-state index is -0.922. The van der Waals surface area contributed by atoms with Crippen LogP contribution >= 0.6 is 0 Å². The number of anilines is 1. The second-order valence-electron chi connectivity index (χ2n) is 9.10. The molecule has 3 heterocycles. The van der Waals surface area contributed by atoms with Crippen LogP contribution in [0.4, 0.5) is 14.6 Å². The topological polar surface area (TPSA) is 79.1 Å². The van der Waals surface area contributed by atoms with Crippen LogP contribution in [-0.4, -0.2) is 55.7 Å². The van der Waals surface area contributed by atoms with E-state index in [-0.39, 0.29) is 34.9 Å². The van der Waals surface area contributed by atoms with Crippen molar-refractivity contribution in [1.29, 1.82) is 0 Å². The predicted octanol–water partition coefficient (Wildman–Crippen LogP) is 3.06. The number of hydrogen-bond donors (Lipinski definition) is 2. The van der Waals surface area contributed by atoms with Crippen LogP contribution in [0.2, 0.25) is 0 Å². The van der Waals surface area contributed by atoms with E-state index in [4.69, 9.17) is 0 Å².